The molecule has 3 aromatic heterocycles. The number of carbonyl (C=O) groups is 1. The van der Waals surface area contributed by atoms with E-state index in [1.165, 1.54) is 11.3 Å². The van der Waals surface area contributed by atoms with Gasteiger partial charge < -0.3 is 15.8 Å². The average molecular weight is 431 g/mol. The molecule has 0 bridgehead atoms. The minimum absolute atomic E-state index is 0.0177. The zero-order valence-corrected chi connectivity index (χ0v) is 17.3. The Morgan fingerprint density at radius 1 is 1.47 bits per heavy atom. The first-order valence-electron chi connectivity index (χ1n) is 9.73. The van der Waals surface area contributed by atoms with E-state index in [1.807, 2.05) is 19.1 Å². The smallest absolute Gasteiger partial charge is 0.275 e. The Morgan fingerprint density at radius 3 is 3.17 bits per heavy atom. The van der Waals surface area contributed by atoms with Crippen molar-refractivity contribution in [3.05, 3.63) is 46.9 Å². The second kappa shape index (κ2) is 8.99. The summed E-state index contributed by atoms with van der Waals surface area (Å²) in [5, 5.41) is 12.2. The van der Waals surface area contributed by atoms with Gasteiger partial charge in [0, 0.05) is 24.0 Å². The summed E-state index contributed by atoms with van der Waals surface area (Å²) in [4.78, 5) is 21.5. The van der Waals surface area contributed by atoms with E-state index < -0.39 is 12.2 Å². The lowest BCUT2D eigenvalue weighted by molar-refractivity contribution is 0.0295. The molecule has 1 aliphatic rings. The van der Waals surface area contributed by atoms with Gasteiger partial charge in [0.2, 0.25) is 0 Å². The number of thiazole rings is 1. The van der Waals surface area contributed by atoms with Crippen LogP contribution in [0.15, 0.2) is 29.9 Å². The van der Waals surface area contributed by atoms with Crippen LogP contribution in [0.25, 0.3) is 10.7 Å². The van der Waals surface area contributed by atoms with Crippen molar-refractivity contribution in [1.82, 2.24) is 20.2 Å². The van der Waals surface area contributed by atoms with Crippen LogP contribution in [0.1, 0.15) is 34.6 Å². The maximum absolute atomic E-state index is 13.7. The molecule has 10 heteroatoms. The molecule has 30 heavy (non-hydrogen) atoms. The molecule has 1 aliphatic heterocycles. The maximum Gasteiger partial charge on any atom is 0.275 e. The van der Waals surface area contributed by atoms with Crippen LogP contribution in [-0.4, -0.2) is 51.0 Å². The second-order valence-electron chi connectivity index (χ2n) is 7.34. The van der Waals surface area contributed by atoms with Crippen molar-refractivity contribution in [2.24, 2.45) is 5.73 Å². The van der Waals surface area contributed by atoms with E-state index in [9.17, 15) is 9.18 Å². The fourth-order valence-corrected chi connectivity index (χ4v) is 4.20. The van der Waals surface area contributed by atoms with Crippen LogP contribution in [0.4, 0.5) is 10.1 Å². The first kappa shape index (κ1) is 20.6. The van der Waals surface area contributed by atoms with Crippen LogP contribution in [0, 0.1) is 6.92 Å². The van der Waals surface area contributed by atoms with Gasteiger partial charge in [-0.25, -0.2) is 9.37 Å². The van der Waals surface area contributed by atoms with Crippen molar-refractivity contribution in [3.63, 3.8) is 0 Å². The van der Waals surface area contributed by atoms with E-state index in [0.717, 1.165) is 17.0 Å². The highest BCUT2D eigenvalue weighted by atomic mass is 32.1. The van der Waals surface area contributed by atoms with Crippen LogP contribution >= 0.6 is 11.3 Å². The molecule has 1 saturated heterocycles. The van der Waals surface area contributed by atoms with Crippen molar-refractivity contribution in [1.29, 1.82) is 0 Å². The van der Waals surface area contributed by atoms with Crippen molar-refractivity contribution in [3.8, 4) is 10.7 Å². The van der Waals surface area contributed by atoms with E-state index in [2.05, 4.69) is 25.5 Å². The van der Waals surface area contributed by atoms with Gasteiger partial charge in [0.05, 0.1) is 30.3 Å². The highest BCUT2D eigenvalue weighted by Crippen LogP contribution is 2.26. The van der Waals surface area contributed by atoms with Crippen molar-refractivity contribution in [2.45, 2.75) is 44.5 Å². The summed E-state index contributed by atoms with van der Waals surface area (Å²) in [6.45, 7) is 1.94. The predicted octanol–water partition coefficient (Wildman–Crippen LogP) is 2.88. The molecule has 0 unspecified atom stereocenters. The third-order valence-corrected chi connectivity index (χ3v) is 5.97. The standard InChI is InChI=1S/C20H23FN6O2S/c1-11-3-2-6-23-18(11)20-26-17(10-30-20)19(28)25-16-8-24-27-15(16)7-12-4-5-14(22)13(21)9-29-12/h2-3,6,8,10,12-14H,4-5,7,9,22H2,1H3,(H,24,27)(H,25,28)/t12-,13+,14+/m0/s1. The minimum Gasteiger partial charge on any atom is -0.375 e. The number of hydrogen-bond donors (Lipinski definition) is 3. The molecule has 3 atom stereocenters. The second-order valence-corrected chi connectivity index (χ2v) is 8.20. The first-order chi connectivity index (χ1) is 14.5. The van der Waals surface area contributed by atoms with Crippen molar-refractivity contribution >= 4 is 22.9 Å². The van der Waals surface area contributed by atoms with Gasteiger partial charge in [0.25, 0.3) is 5.91 Å². The maximum atomic E-state index is 13.7. The van der Waals surface area contributed by atoms with E-state index in [1.54, 1.807) is 17.8 Å². The first-order valence-corrected chi connectivity index (χ1v) is 10.6. The number of H-pyrrole nitrogens is 1. The lowest BCUT2D eigenvalue weighted by atomic mass is 10.0. The molecule has 0 aromatic carbocycles. The van der Waals surface area contributed by atoms with Gasteiger partial charge in [-0.3, -0.25) is 14.9 Å². The van der Waals surface area contributed by atoms with E-state index in [4.69, 9.17) is 10.5 Å². The summed E-state index contributed by atoms with van der Waals surface area (Å²) in [7, 11) is 0. The van der Waals surface area contributed by atoms with Gasteiger partial charge in [-0.1, -0.05) is 6.07 Å². The fourth-order valence-electron chi connectivity index (χ4n) is 3.34. The quantitative estimate of drug-likeness (QED) is 0.573. The van der Waals surface area contributed by atoms with Gasteiger partial charge >= 0.3 is 0 Å². The minimum atomic E-state index is -1.16. The topological polar surface area (TPSA) is 119 Å². The molecule has 0 radical (unpaired) electrons. The Labute approximate surface area is 177 Å². The van der Waals surface area contributed by atoms with E-state index >= 15 is 0 Å². The number of hydrogen-bond acceptors (Lipinski definition) is 7. The molecule has 4 heterocycles. The van der Waals surface area contributed by atoms with Gasteiger partial charge in [0.1, 0.15) is 22.6 Å². The zero-order chi connectivity index (χ0) is 21.1. The number of alkyl halides is 1. The Kier molecular flexibility index (Phi) is 6.16. The molecule has 1 fully saturated rings. The summed E-state index contributed by atoms with van der Waals surface area (Å²) < 4.78 is 19.4. The molecule has 0 aliphatic carbocycles. The predicted molar refractivity (Wildman–Crippen MR) is 112 cm³/mol. The summed E-state index contributed by atoms with van der Waals surface area (Å²) in [6, 6.07) is 3.31. The van der Waals surface area contributed by atoms with Crippen molar-refractivity contribution in [2.75, 3.05) is 11.9 Å². The summed E-state index contributed by atoms with van der Waals surface area (Å²) in [5.41, 5.74) is 9.12. The van der Waals surface area contributed by atoms with Gasteiger partial charge in [-0.15, -0.1) is 11.3 Å². The molecular weight excluding hydrogens is 407 g/mol. The molecule has 1 amide bonds. The lowest BCUT2D eigenvalue weighted by Gasteiger charge is -2.15. The Hall–Kier alpha value is -2.69. The third kappa shape index (κ3) is 4.55. The molecule has 3 aromatic rings. The molecule has 4 rings (SSSR count). The largest absolute Gasteiger partial charge is 0.375 e. The van der Waals surface area contributed by atoms with Gasteiger partial charge in [-0.2, -0.15) is 5.10 Å². The molecule has 158 valence electrons. The number of nitrogens with zero attached hydrogens (tertiary/aromatic N) is 3. The zero-order valence-electron chi connectivity index (χ0n) is 16.5. The normalized spacial score (nSPS) is 21.9. The average Bonchev–Trinajstić information content (AvgIpc) is 3.36. The molecular formula is C20H23FN6O2S. The number of amides is 1. The number of anilines is 1. The monoisotopic (exact) mass is 430 g/mol. The number of halogens is 1. The number of aryl methyl sites for hydroxylation is 1. The summed E-state index contributed by atoms with van der Waals surface area (Å²) in [5.74, 6) is -0.332. The highest BCUT2D eigenvalue weighted by molar-refractivity contribution is 7.13. The van der Waals surface area contributed by atoms with Gasteiger partial charge in [-0.05, 0) is 31.4 Å². The van der Waals surface area contributed by atoms with Crippen LogP contribution in [0.3, 0.4) is 0 Å². The SMILES string of the molecule is Cc1cccnc1-c1nc(C(=O)Nc2cn[nH]c2C[C@@H]2CC[C@@H](N)[C@H](F)CO2)cs1. The Balaban J connectivity index is 1.43. The third-order valence-electron chi connectivity index (χ3n) is 5.12. The van der Waals surface area contributed by atoms with E-state index in [-0.39, 0.29) is 18.6 Å². The number of aromatic amines is 1. The van der Waals surface area contributed by atoms with Crippen LogP contribution in [0.5, 0.6) is 0 Å². The molecule has 8 nitrogen and oxygen atoms in total. The van der Waals surface area contributed by atoms with Crippen LogP contribution < -0.4 is 11.1 Å². The molecule has 0 spiro atoms. The number of pyridine rings is 1. The summed E-state index contributed by atoms with van der Waals surface area (Å²) >= 11 is 1.37. The number of nitrogens with one attached hydrogen (secondary N) is 2. The molecule has 0 saturated carbocycles. The van der Waals surface area contributed by atoms with Crippen LogP contribution in [0.2, 0.25) is 0 Å². The van der Waals surface area contributed by atoms with Gasteiger partial charge in [0.15, 0.2) is 0 Å². The number of carbonyl (C=O) groups excluding carboxylic acids is 1. The van der Waals surface area contributed by atoms with E-state index in [0.29, 0.717) is 35.7 Å². The number of aromatic nitrogens is 4. The molecule has 4 N–H and O–H groups in total. The number of ether oxygens (including phenoxy) is 1. The van der Waals surface area contributed by atoms with Crippen LogP contribution in [-0.2, 0) is 11.2 Å². The highest BCUT2D eigenvalue weighted by Gasteiger charge is 2.26. The summed E-state index contributed by atoms with van der Waals surface area (Å²) in [6.07, 6.45) is 3.58. The fraction of sp³-hybridized carbons (Fsp3) is 0.400. The Bertz CT molecular complexity index is 1010. The van der Waals surface area contributed by atoms with Crippen molar-refractivity contribution < 1.29 is 13.9 Å². The Morgan fingerprint density at radius 2 is 2.33 bits per heavy atom. The number of rotatable bonds is 5. The number of nitrogens with two attached hydrogens (primary N) is 1. The lowest BCUT2D eigenvalue weighted by Crippen LogP contribution is -2.32.